The molecule has 1 fully saturated rings. The monoisotopic (exact) mass is 452 g/mol. The van der Waals surface area contributed by atoms with Crippen molar-refractivity contribution in [1.29, 1.82) is 0 Å². The van der Waals surface area contributed by atoms with Gasteiger partial charge in [-0.05, 0) is 66.6 Å². The summed E-state index contributed by atoms with van der Waals surface area (Å²) in [6.45, 7) is 8.54. The molecule has 2 aliphatic rings. The van der Waals surface area contributed by atoms with Crippen molar-refractivity contribution in [2.24, 2.45) is 11.8 Å². The van der Waals surface area contributed by atoms with Gasteiger partial charge in [0.1, 0.15) is 11.4 Å². The zero-order valence-electron chi connectivity index (χ0n) is 18.8. The number of halogens is 1. The zero-order valence-corrected chi connectivity index (χ0v) is 19.6. The maximum Gasteiger partial charge on any atom is 0.282 e. The van der Waals surface area contributed by atoms with Gasteiger partial charge < -0.3 is 9.64 Å². The number of imide groups is 1. The lowest BCUT2D eigenvalue weighted by atomic mass is 9.97. The van der Waals surface area contributed by atoms with Gasteiger partial charge in [0.25, 0.3) is 11.8 Å². The summed E-state index contributed by atoms with van der Waals surface area (Å²) >= 11 is 6.07. The Morgan fingerprint density at radius 2 is 1.59 bits per heavy atom. The Hall–Kier alpha value is -2.79. The molecule has 0 unspecified atom stereocenters. The van der Waals surface area contributed by atoms with Gasteiger partial charge in [-0.2, -0.15) is 0 Å². The Morgan fingerprint density at radius 1 is 0.969 bits per heavy atom. The lowest BCUT2D eigenvalue weighted by Crippen LogP contribution is -2.38. The highest BCUT2D eigenvalue weighted by molar-refractivity contribution is 6.45. The quantitative estimate of drug-likeness (QED) is 0.551. The van der Waals surface area contributed by atoms with Gasteiger partial charge >= 0.3 is 0 Å². The molecule has 2 aromatic rings. The highest BCUT2D eigenvalue weighted by Gasteiger charge is 2.43. The number of likely N-dealkylation sites (tertiary alicyclic amines) is 1. The van der Waals surface area contributed by atoms with E-state index in [-0.39, 0.29) is 11.8 Å². The molecule has 2 amide bonds. The summed E-state index contributed by atoms with van der Waals surface area (Å²) in [6, 6.07) is 14.3. The van der Waals surface area contributed by atoms with Crippen molar-refractivity contribution >= 4 is 34.7 Å². The number of carbonyl (C=O) groups excluding carboxylic acids is 2. The molecule has 5 nitrogen and oxygen atoms in total. The fourth-order valence-electron chi connectivity index (χ4n) is 4.11. The largest absolute Gasteiger partial charge is 0.493 e. The Kier molecular flexibility index (Phi) is 6.56. The van der Waals surface area contributed by atoms with Crippen molar-refractivity contribution in [2.75, 3.05) is 24.6 Å². The van der Waals surface area contributed by atoms with Crippen molar-refractivity contribution in [3.05, 3.63) is 64.8 Å². The number of ether oxygens (including phenoxy) is 1. The third-order valence-electron chi connectivity index (χ3n) is 5.97. The molecule has 2 aromatic carbocycles. The fourth-order valence-corrected chi connectivity index (χ4v) is 4.24. The van der Waals surface area contributed by atoms with Gasteiger partial charge in [-0.25, -0.2) is 4.90 Å². The number of piperidine rings is 1. The predicted molar refractivity (Wildman–Crippen MR) is 128 cm³/mol. The lowest BCUT2D eigenvalue weighted by Gasteiger charge is -2.32. The van der Waals surface area contributed by atoms with Crippen molar-refractivity contribution in [1.82, 2.24) is 4.90 Å². The summed E-state index contributed by atoms with van der Waals surface area (Å²) in [6.07, 6.45) is 2.00. The van der Waals surface area contributed by atoms with E-state index in [1.807, 2.05) is 12.1 Å². The summed E-state index contributed by atoms with van der Waals surface area (Å²) in [4.78, 5) is 30.5. The van der Waals surface area contributed by atoms with Crippen LogP contribution in [0.1, 0.15) is 39.2 Å². The van der Waals surface area contributed by atoms with E-state index in [0.717, 1.165) is 31.7 Å². The molecule has 2 heterocycles. The van der Waals surface area contributed by atoms with E-state index in [1.54, 1.807) is 36.4 Å². The van der Waals surface area contributed by atoms with E-state index >= 15 is 0 Å². The van der Waals surface area contributed by atoms with Crippen LogP contribution in [0, 0.1) is 11.8 Å². The molecule has 4 rings (SSSR count). The highest BCUT2D eigenvalue weighted by atomic mass is 35.5. The standard InChI is InChI=1S/C26H29ClN2O3/c1-17(2)16-32-22-10-8-21(9-11-22)29-25(30)23(19-4-6-20(27)7-5-19)24(26(29)31)28-14-12-18(3)13-15-28/h4-11,17-18H,12-16H2,1-3H3. The van der Waals surface area contributed by atoms with Crippen molar-refractivity contribution < 1.29 is 14.3 Å². The van der Waals surface area contributed by atoms with Gasteiger partial charge in [-0.3, -0.25) is 9.59 Å². The van der Waals surface area contributed by atoms with E-state index in [1.165, 1.54) is 4.90 Å². The number of benzene rings is 2. The third-order valence-corrected chi connectivity index (χ3v) is 6.22. The summed E-state index contributed by atoms with van der Waals surface area (Å²) in [5.74, 6) is 1.18. The maximum absolute atomic E-state index is 13.6. The molecule has 0 N–H and O–H groups in total. The Labute approximate surface area is 194 Å². The lowest BCUT2D eigenvalue weighted by molar-refractivity contribution is -0.120. The molecule has 168 valence electrons. The van der Waals surface area contributed by atoms with Crippen molar-refractivity contribution in [3.63, 3.8) is 0 Å². The number of hydrogen-bond acceptors (Lipinski definition) is 4. The van der Waals surface area contributed by atoms with Crippen LogP contribution < -0.4 is 9.64 Å². The second kappa shape index (κ2) is 9.37. The maximum atomic E-state index is 13.6. The van der Waals surface area contributed by atoms with Crippen molar-refractivity contribution in [3.8, 4) is 5.75 Å². The SMILES string of the molecule is CC(C)COc1ccc(N2C(=O)C(c3ccc(Cl)cc3)=C(N3CCC(C)CC3)C2=O)cc1. The highest BCUT2D eigenvalue weighted by Crippen LogP contribution is 2.37. The molecule has 0 atom stereocenters. The number of rotatable bonds is 6. The smallest absolute Gasteiger partial charge is 0.282 e. The van der Waals surface area contributed by atoms with Crippen LogP contribution in [-0.2, 0) is 9.59 Å². The Bertz CT molecular complexity index is 1020. The summed E-state index contributed by atoms with van der Waals surface area (Å²) in [5.41, 5.74) is 2.19. The number of hydrogen-bond donors (Lipinski definition) is 0. The molecule has 0 bridgehead atoms. The van der Waals surface area contributed by atoms with Crippen LogP contribution in [-0.4, -0.2) is 36.4 Å². The molecule has 0 aliphatic carbocycles. The first-order chi connectivity index (χ1) is 15.3. The van der Waals surface area contributed by atoms with Crippen LogP contribution in [0.3, 0.4) is 0 Å². The Morgan fingerprint density at radius 3 is 2.19 bits per heavy atom. The number of anilines is 1. The van der Waals surface area contributed by atoms with Gasteiger partial charge in [-0.15, -0.1) is 0 Å². The minimum absolute atomic E-state index is 0.273. The fraction of sp³-hybridized carbons (Fsp3) is 0.385. The molecule has 6 heteroatoms. The van der Waals surface area contributed by atoms with Gasteiger partial charge in [0, 0.05) is 18.1 Å². The van der Waals surface area contributed by atoms with Crippen LogP contribution in [0.25, 0.3) is 5.57 Å². The number of nitrogens with zero attached hydrogens (tertiary/aromatic N) is 2. The minimum atomic E-state index is -0.304. The van der Waals surface area contributed by atoms with Gasteiger partial charge in [0.15, 0.2) is 0 Å². The second-order valence-electron chi connectivity index (χ2n) is 9.04. The van der Waals surface area contributed by atoms with E-state index < -0.39 is 0 Å². The summed E-state index contributed by atoms with van der Waals surface area (Å²) in [7, 11) is 0. The van der Waals surface area contributed by atoms with Crippen LogP contribution in [0.4, 0.5) is 5.69 Å². The zero-order chi connectivity index (χ0) is 22.8. The first-order valence-corrected chi connectivity index (χ1v) is 11.6. The topological polar surface area (TPSA) is 49.9 Å². The normalized spacial score (nSPS) is 17.7. The van der Waals surface area contributed by atoms with Crippen LogP contribution in [0.15, 0.2) is 54.2 Å². The molecule has 1 saturated heterocycles. The Balaban J connectivity index is 1.68. The van der Waals surface area contributed by atoms with Crippen molar-refractivity contribution in [2.45, 2.75) is 33.6 Å². The minimum Gasteiger partial charge on any atom is -0.493 e. The number of amides is 2. The molecule has 0 radical (unpaired) electrons. The first-order valence-electron chi connectivity index (χ1n) is 11.2. The predicted octanol–water partition coefficient (Wildman–Crippen LogP) is 5.39. The molecular weight excluding hydrogens is 424 g/mol. The molecule has 0 spiro atoms. The average Bonchev–Trinajstić information content (AvgIpc) is 3.04. The van der Waals surface area contributed by atoms with Gasteiger partial charge in [0.2, 0.25) is 0 Å². The molecule has 32 heavy (non-hydrogen) atoms. The van der Waals surface area contributed by atoms with Crippen LogP contribution >= 0.6 is 11.6 Å². The average molecular weight is 453 g/mol. The first kappa shape index (κ1) is 22.4. The molecule has 0 aromatic heterocycles. The van der Waals surface area contributed by atoms with Crippen LogP contribution in [0.5, 0.6) is 5.75 Å². The van der Waals surface area contributed by atoms with Gasteiger partial charge in [-0.1, -0.05) is 44.5 Å². The summed E-state index contributed by atoms with van der Waals surface area (Å²) < 4.78 is 5.75. The summed E-state index contributed by atoms with van der Waals surface area (Å²) in [5, 5.41) is 0.591. The number of carbonyl (C=O) groups is 2. The van der Waals surface area contributed by atoms with Crippen LogP contribution in [0.2, 0.25) is 5.02 Å². The molecule has 2 aliphatic heterocycles. The van der Waals surface area contributed by atoms with E-state index in [2.05, 4.69) is 25.7 Å². The third kappa shape index (κ3) is 4.53. The van der Waals surface area contributed by atoms with E-state index in [4.69, 9.17) is 16.3 Å². The van der Waals surface area contributed by atoms with E-state index in [0.29, 0.717) is 46.0 Å². The van der Waals surface area contributed by atoms with Gasteiger partial charge in [0.05, 0.1) is 17.9 Å². The molecule has 0 saturated carbocycles. The second-order valence-corrected chi connectivity index (χ2v) is 9.48. The van der Waals surface area contributed by atoms with E-state index in [9.17, 15) is 9.59 Å². The molecular formula is C26H29ClN2O3.